The lowest BCUT2D eigenvalue weighted by molar-refractivity contribution is 0.100. The highest BCUT2D eigenvalue weighted by Crippen LogP contribution is 2.38. The monoisotopic (exact) mass is 707 g/mol. The molecule has 3 N–H and O–H groups in total. The van der Waals surface area contributed by atoms with Crippen molar-refractivity contribution in [2.75, 3.05) is 50.1 Å². The van der Waals surface area contributed by atoms with Gasteiger partial charge in [-0.3, -0.25) is 14.5 Å². The number of carbonyl (C=O) groups excluding carboxylic acids is 2. The van der Waals surface area contributed by atoms with Crippen LogP contribution in [0.3, 0.4) is 0 Å². The Labute approximate surface area is 291 Å². The Morgan fingerprint density at radius 1 is 0.837 bits per heavy atom. The predicted molar refractivity (Wildman–Crippen MR) is 190 cm³/mol. The number of fused-ring (bicyclic) bond motifs is 2. The van der Waals surface area contributed by atoms with E-state index in [1.54, 1.807) is 6.07 Å². The molecule has 0 saturated heterocycles. The van der Waals surface area contributed by atoms with Crippen molar-refractivity contribution >= 4 is 44.8 Å². The van der Waals surface area contributed by atoms with Crippen LogP contribution in [-0.2, 0) is 50.0 Å². The lowest BCUT2D eigenvalue weighted by Gasteiger charge is -2.26. The number of imidazole rings is 2. The lowest BCUT2D eigenvalue weighted by atomic mass is 9.98. The van der Waals surface area contributed by atoms with Gasteiger partial charge in [0, 0.05) is 82.3 Å². The smallest absolute Gasteiger partial charge is 0.291 e. The lowest BCUT2D eigenvalue weighted by Crippen LogP contribution is -2.34. The summed E-state index contributed by atoms with van der Waals surface area (Å²) >= 11 is 6.93. The highest BCUT2D eigenvalue weighted by molar-refractivity contribution is 7.88. The quantitative estimate of drug-likeness (QED) is 0.212. The molecule has 13 nitrogen and oxygen atoms in total. The van der Waals surface area contributed by atoms with Crippen LogP contribution in [0.25, 0.3) is 11.1 Å². The summed E-state index contributed by atoms with van der Waals surface area (Å²) in [5.74, 6) is 0.00674. The molecule has 2 aliphatic heterocycles. The van der Waals surface area contributed by atoms with Crippen molar-refractivity contribution < 1.29 is 18.0 Å². The Morgan fingerprint density at radius 2 is 1.41 bits per heavy atom. The first kappa shape index (κ1) is 34.8. The number of sulfonamides is 1. The van der Waals surface area contributed by atoms with Gasteiger partial charge >= 0.3 is 0 Å². The average molecular weight is 708 g/mol. The molecule has 6 rings (SSSR count). The number of carbonyl (C=O) groups is 2. The second-order valence-electron chi connectivity index (χ2n) is 12.9. The minimum absolute atomic E-state index is 0.320. The van der Waals surface area contributed by atoms with Gasteiger partial charge in [-0.2, -0.15) is 0 Å². The number of anilines is 2. The summed E-state index contributed by atoms with van der Waals surface area (Å²) in [6, 6.07) is 11.1. The number of rotatable bonds is 10. The first-order chi connectivity index (χ1) is 23.3. The number of nitrogens with zero attached hydrogens (tertiary/aromatic N) is 6. The van der Waals surface area contributed by atoms with E-state index in [0.717, 1.165) is 72.6 Å². The van der Waals surface area contributed by atoms with Crippen molar-refractivity contribution in [1.29, 1.82) is 0 Å². The summed E-state index contributed by atoms with van der Waals surface area (Å²) in [6.45, 7) is 6.03. The molecule has 0 atom stereocenters. The third-order valence-corrected chi connectivity index (χ3v) is 10.5. The van der Waals surface area contributed by atoms with Gasteiger partial charge in [0.25, 0.3) is 11.8 Å². The third-order valence-electron chi connectivity index (χ3n) is 9.32. The predicted octanol–water partition coefficient (Wildman–Crippen LogP) is 3.57. The van der Waals surface area contributed by atoms with E-state index in [1.165, 1.54) is 0 Å². The Balaban J connectivity index is 1.16. The van der Waals surface area contributed by atoms with E-state index in [2.05, 4.69) is 30.1 Å². The summed E-state index contributed by atoms with van der Waals surface area (Å²) in [6.07, 6.45) is 3.41. The summed E-state index contributed by atoms with van der Waals surface area (Å²) < 4.78 is 28.9. The van der Waals surface area contributed by atoms with E-state index in [9.17, 15) is 18.0 Å². The van der Waals surface area contributed by atoms with E-state index in [4.69, 9.17) is 16.6 Å². The van der Waals surface area contributed by atoms with Gasteiger partial charge in [0.2, 0.25) is 10.0 Å². The number of hydrogen-bond donors (Lipinski definition) is 3. The maximum atomic E-state index is 13.6. The fraction of sp³-hybridized carbons (Fsp3) is 0.412. The van der Waals surface area contributed by atoms with Crippen LogP contribution in [0, 0.1) is 6.92 Å². The normalized spacial score (nSPS) is 15.1. The number of nitrogens with one attached hydrogen (secondary N) is 3. The van der Waals surface area contributed by atoms with E-state index in [-0.39, 0.29) is 11.8 Å². The molecule has 2 aromatic carbocycles. The van der Waals surface area contributed by atoms with Crippen molar-refractivity contribution in [3.63, 3.8) is 0 Å². The topological polar surface area (TPSA) is 146 Å². The Morgan fingerprint density at radius 3 is 2.06 bits per heavy atom. The second-order valence-corrected chi connectivity index (χ2v) is 15.1. The molecule has 260 valence electrons. The van der Waals surface area contributed by atoms with Crippen LogP contribution in [0.15, 0.2) is 36.4 Å². The van der Waals surface area contributed by atoms with Gasteiger partial charge in [0.05, 0.1) is 28.4 Å². The van der Waals surface area contributed by atoms with Crippen LogP contribution in [-0.4, -0.2) is 88.6 Å². The van der Waals surface area contributed by atoms with Gasteiger partial charge in [0.15, 0.2) is 11.6 Å². The van der Waals surface area contributed by atoms with Gasteiger partial charge in [-0.05, 0) is 50.2 Å². The van der Waals surface area contributed by atoms with Crippen molar-refractivity contribution in [3.8, 4) is 11.1 Å². The van der Waals surface area contributed by atoms with Crippen molar-refractivity contribution in [1.82, 2.24) is 33.6 Å². The highest BCUT2D eigenvalue weighted by atomic mass is 35.5. The van der Waals surface area contributed by atoms with Gasteiger partial charge in [-0.25, -0.2) is 23.1 Å². The molecule has 0 saturated carbocycles. The molecule has 0 fully saturated rings. The van der Waals surface area contributed by atoms with Gasteiger partial charge in [-0.15, -0.1) is 0 Å². The molecular formula is C34H42ClN9O4S. The van der Waals surface area contributed by atoms with E-state index in [0.29, 0.717) is 59.7 Å². The molecule has 2 aromatic heterocycles. The maximum absolute atomic E-state index is 13.6. The third kappa shape index (κ3) is 7.43. The van der Waals surface area contributed by atoms with Gasteiger partial charge in [0.1, 0.15) is 0 Å². The molecule has 0 spiro atoms. The molecule has 0 unspecified atom stereocenters. The minimum Gasteiger partial charge on any atom is -0.327 e. The molecular weight excluding hydrogens is 666 g/mol. The van der Waals surface area contributed by atoms with E-state index in [1.807, 2.05) is 67.5 Å². The zero-order chi connectivity index (χ0) is 35.0. The number of amides is 2. The molecule has 0 aliphatic carbocycles. The van der Waals surface area contributed by atoms with Crippen molar-refractivity contribution in [2.45, 2.75) is 39.3 Å². The summed E-state index contributed by atoms with van der Waals surface area (Å²) in [4.78, 5) is 40.7. The van der Waals surface area contributed by atoms with E-state index >= 15 is 0 Å². The number of benzene rings is 2. The first-order valence-corrected chi connectivity index (χ1v) is 18.5. The average Bonchev–Trinajstić information content (AvgIpc) is 3.56. The molecule has 2 amide bonds. The molecule has 0 bridgehead atoms. The van der Waals surface area contributed by atoms with E-state index < -0.39 is 10.0 Å². The van der Waals surface area contributed by atoms with Crippen molar-refractivity contribution in [3.05, 3.63) is 81.4 Å². The molecule has 4 aromatic rings. The fourth-order valence-corrected chi connectivity index (χ4v) is 7.44. The van der Waals surface area contributed by atoms with Crippen LogP contribution < -0.4 is 15.4 Å². The molecule has 0 radical (unpaired) electrons. The highest BCUT2D eigenvalue weighted by Gasteiger charge is 2.27. The second kappa shape index (κ2) is 14.0. The summed E-state index contributed by atoms with van der Waals surface area (Å²) in [7, 11) is 2.55. The minimum atomic E-state index is -3.21. The standard InChI is InChI=1S/C34H42ClN9O4S/c1-21-22(23-10-7-12-25(30(23)35)40-34(46)32-37-26-19-41(2)17-13-28(26)42(32)3)9-6-11-24(21)39-33(45)31-38-27-20-44(18-14-29(27)43(31)4)16-8-15-36-49(5,47)48/h6-7,9-12,36H,8,13-20H2,1-5H3,(H,39,45)(H,40,46). The SMILES string of the molecule is Cc1c(NC(=O)c2nc3c(n2C)CCN(CCCNS(C)(=O)=O)C3)cccc1-c1cccc(NC(=O)c2nc3c(n2C)CCN(C)C3)c1Cl. The number of hydrogen-bond acceptors (Lipinski definition) is 8. The largest absolute Gasteiger partial charge is 0.327 e. The molecule has 15 heteroatoms. The zero-order valence-corrected chi connectivity index (χ0v) is 30.0. The Hall–Kier alpha value is -4.08. The van der Waals surface area contributed by atoms with Crippen LogP contribution in [0.2, 0.25) is 5.02 Å². The van der Waals surface area contributed by atoms with Crippen LogP contribution in [0.4, 0.5) is 11.4 Å². The van der Waals surface area contributed by atoms with Gasteiger partial charge in [-0.1, -0.05) is 35.9 Å². The maximum Gasteiger partial charge on any atom is 0.291 e. The zero-order valence-electron chi connectivity index (χ0n) is 28.4. The van der Waals surface area contributed by atoms with Crippen LogP contribution >= 0.6 is 11.6 Å². The Kier molecular flexibility index (Phi) is 9.96. The first-order valence-electron chi connectivity index (χ1n) is 16.3. The Bertz CT molecular complexity index is 2040. The van der Waals surface area contributed by atoms with Crippen molar-refractivity contribution in [2.24, 2.45) is 14.1 Å². The number of likely N-dealkylation sites (N-methyl/N-ethyl adjacent to an activating group) is 1. The molecule has 49 heavy (non-hydrogen) atoms. The molecule has 4 heterocycles. The summed E-state index contributed by atoms with van der Waals surface area (Å²) in [5.41, 5.74) is 7.29. The van der Waals surface area contributed by atoms with Gasteiger partial charge < -0.3 is 24.7 Å². The molecule has 2 aliphatic rings. The summed E-state index contributed by atoms with van der Waals surface area (Å²) in [5, 5.41) is 6.39. The number of aromatic nitrogens is 4. The number of halogens is 1. The van der Waals surface area contributed by atoms with Crippen LogP contribution in [0.5, 0.6) is 0 Å². The van der Waals surface area contributed by atoms with Crippen LogP contribution in [0.1, 0.15) is 56.0 Å². The fourth-order valence-electron chi connectivity index (χ4n) is 6.65.